The Kier molecular flexibility index (Phi) is 7.12. The van der Waals surface area contributed by atoms with Crippen LogP contribution in [-0.4, -0.2) is 41.9 Å². The summed E-state index contributed by atoms with van der Waals surface area (Å²) in [6.07, 6.45) is 0.959. The van der Waals surface area contributed by atoms with E-state index in [1.165, 1.54) is 5.56 Å². The first-order valence-electron chi connectivity index (χ1n) is 8.11. The summed E-state index contributed by atoms with van der Waals surface area (Å²) in [7, 11) is 4.12. The highest BCUT2D eigenvalue weighted by Crippen LogP contribution is 2.28. The zero-order chi connectivity index (χ0) is 16.9. The molecular weight excluding hydrogens is 357 g/mol. The standard InChI is InChI=1S/C19H22ClN3O.ClH/c1-22(2)11-6-12-24-19-17-13-16(20)9-10-18(17)23(21-19)14-15-7-4-3-5-8-15;/h3-5,7-10,13H,6,11-12,14H2,1-2H3;1H. The van der Waals surface area contributed by atoms with Crippen molar-refractivity contribution in [2.75, 3.05) is 27.2 Å². The Labute approximate surface area is 159 Å². The molecule has 0 N–H and O–H groups in total. The summed E-state index contributed by atoms with van der Waals surface area (Å²) in [5.41, 5.74) is 2.24. The lowest BCUT2D eigenvalue weighted by molar-refractivity contribution is 0.273. The van der Waals surface area contributed by atoms with Crippen LogP contribution in [0.5, 0.6) is 5.88 Å². The van der Waals surface area contributed by atoms with E-state index < -0.39 is 0 Å². The highest BCUT2D eigenvalue weighted by Gasteiger charge is 2.12. The third kappa shape index (κ3) is 5.11. The fourth-order valence-electron chi connectivity index (χ4n) is 2.66. The average molecular weight is 380 g/mol. The highest BCUT2D eigenvalue weighted by molar-refractivity contribution is 6.31. The van der Waals surface area contributed by atoms with Gasteiger partial charge in [0.15, 0.2) is 0 Å². The molecule has 2 aromatic carbocycles. The zero-order valence-corrected chi connectivity index (χ0v) is 16.1. The van der Waals surface area contributed by atoms with Gasteiger partial charge < -0.3 is 9.64 Å². The smallest absolute Gasteiger partial charge is 0.240 e. The zero-order valence-electron chi connectivity index (χ0n) is 14.5. The molecule has 0 bridgehead atoms. The number of hydrogen-bond acceptors (Lipinski definition) is 3. The fourth-order valence-corrected chi connectivity index (χ4v) is 2.83. The molecule has 3 rings (SSSR count). The van der Waals surface area contributed by atoms with Crippen molar-refractivity contribution in [3.8, 4) is 5.88 Å². The molecular formula is C19H23Cl2N3O. The Hall–Kier alpha value is -1.75. The van der Waals surface area contributed by atoms with Crippen molar-refractivity contribution in [1.82, 2.24) is 14.7 Å². The first-order valence-corrected chi connectivity index (χ1v) is 8.49. The molecule has 0 radical (unpaired) electrons. The van der Waals surface area contributed by atoms with Gasteiger partial charge in [-0.1, -0.05) is 41.9 Å². The quantitative estimate of drug-likeness (QED) is 0.566. The summed E-state index contributed by atoms with van der Waals surface area (Å²) in [4.78, 5) is 2.15. The van der Waals surface area contributed by atoms with E-state index >= 15 is 0 Å². The van der Waals surface area contributed by atoms with Gasteiger partial charge in [0, 0.05) is 11.6 Å². The van der Waals surface area contributed by atoms with Crippen LogP contribution >= 0.6 is 24.0 Å². The van der Waals surface area contributed by atoms with Crippen LogP contribution in [0.1, 0.15) is 12.0 Å². The van der Waals surface area contributed by atoms with Crippen LogP contribution in [0, 0.1) is 0 Å². The number of fused-ring (bicyclic) bond motifs is 1. The van der Waals surface area contributed by atoms with Gasteiger partial charge >= 0.3 is 0 Å². The molecule has 1 heterocycles. The molecule has 25 heavy (non-hydrogen) atoms. The van der Waals surface area contributed by atoms with Crippen LogP contribution in [0.15, 0.2) is 48.5 Å². The molecule has 0 aliphatic heterocycles. The van der Waals surface area contributed by atoms with Crippen LogP contribution in [-0.2, 0) is 6.54 Å². The fraction of sp³-hybridized carbons (Fsp3) is 0.316. The Morgan fingerprint density at radius 1 is 1.12 bits per heavy atom. The first kappa shape index (κ1) is 19.6. The second kappa shape index (κ2) is 9.09. The lowest BCUT2D eigenvalue weighted by atomic mass is 10.2. The van der Waals surface area contributed by atoms with E-state index in [9.17, 15) is 0 Å². The normalized spacial score (nSPS) is 10.9. The van der Waals surface area contributed by atoms with Gasteiger partial charge in [0.05, 0.1) is 24.1 Å². The summed E-state index contributed by atoms with van der Waals surface area (Å²) < 4.78 is 7.90. The van der Waals surface area contributed by atoms with E-state index in [1.54, 1.807) is 0 Å². The molecule has 0 aliphatic carbocycles. The van der Waals surface area contributed by atoms with Gasteiger partial charge in [-0.25, -0.2) is 0 Å². The minimum Gasteiger partial charge on any atom is -0.476 e. The second-order valence-corrected chi connectivity index (χ2v) is 6.55. The lowest BCUT2D eigenvalue weighted by Gasteiger charge is -2.09. The Morgan fingerprint density at radius 2 is 1.88 bits per heavy atom. The molecule has 0 spiro atoms. The van der Waals surface area contributed by atoms with Crippen molar-refractivity contribution in [2.24, 2.45) is 0 Å². The summed E-state index contributed by atoms with van der Waals surface area (Å²) >= 11 is 6.16. The summed E-state index contributed by atoms with van der Waals surface area (Å²) in [6, 6.07) is 16.1. The number of hydrogen-bond donors (Lipinski definition) is 0. The molecule has 0 unspecified atom stereocenters. The maximum atomic E-state index is 6.16. The average Bonchev–Trinajstić information content (AvgIpc) is 2.89. The molecule has 6 heteroatoms. The molecule has 1 aromatic heterocycles. The van der Waals surface area contributed by atoms with Crippen molar-refractivity contribution in [3.05, 3.63) is 59.1 Å². The van der Waals surface area contributed by atoms with E-state index in [4.69, 9.17) is 16.3 Å². The van der Waals surface area contributed by atoms with Crippen LogP contribution in [0.2, 0.25) is 5.02 Å². The van der Waals surface area contributed by atoms with Gasteiger partial charge in [0.25, 0.3) is 0 Å². The van der Waals surface area contributed by atoms with E-state index in [1.807, 2.05) is 41.1 Å². The molecule has 0 saturated carbocycles. The van der Waals surface area contributed by atoms with Gasteiger partial charge in [-0.05, 0) is 44.3 Å². The Morgan fingerprint density at radius 3 is 2.60 bits per heavy atom. The molecule has 0 saturated heterocycles. The predicted octanol–water partition coefficient (Wildman–Crippen LogP) is 4.49. The maximum Gasteiger partial charge on any atom is 0.240 e. The van der Waals surface area contributed by atoms with Crippen molar-refractivity contribution in [1.29, 1.82) is 0 Å². The minimum absolute atomic E-state index is 0. The molecule has 3 aromatic rings. The Bertz CT molecular complexity index is 803. The van der Waals surface area contributed by atoms with E-state index in [2.05, 4.69) is 36.2 Å². The summed E-state index contributed by atoms with van der Waals surface area (Å²) in [5, 5.41) is 6.32. The Balaban J connectivity index is 0.00000225. The number of ether oxygens (including phenoxy) is 1. The van der Waals surface area contributed by atoms with Crippen molar-refractivity contribution in [2.45, 2.75) is 13.0 Å². The van der Waals surface area contributed by atoms with Crippen LogP contribution in [0.25, 0.3) is 10.9 Å². The minimum atomic E-state index is 0. The van der Waals surface area contributed by atoms with Gasteiger partial charge in [-0.15, -0.1) is 17.5 Å². The van der Waals surface area contributed by atoms with Crippen molar-refractivity contribution < 1.29 is 4.74 Å². The van der Waals surface area contributed by atoms with Crippen LogP contribution in [0.4, 0.5) is 0 Å². The largest absolute Gasteiger partial charge is 0.476 e. The molecule has 0 amide bonds. The number of benzene rings is 2. The SMILES string of the molecule is CN(C)CCCOc1nn(Cc2ccccc2)c2ccc(Cl)cc12.Cl. The monoisotopic (exact) mass is 379 g/mol. The van der Waals surface area contributed by atoms with Crippen molar-refractivity contribution in [3.63, 3.8) is 0 Å². The first-order chi connectivity index (χ1) is 11.6. The van der Waals surface area contributed by atoms with Crippen molar-refractivity contribution >= 4 is 34.9 Å². The topological polar surface area (TPSA) is 30.3 Å². The highest BCUT2D eigenvalue weighted by atomic mass is 35.5. The predicted molar refractivity (Wildman–Crippen MR) is 106 cm³/mol. The third-order valence-electron chi connectivity index (χ3n) is 3.84. The van der Waals surface area contributed by atoms with Gasteiger partial charge in [0.1, 0.15) is 0 Å². The molecule has 0 aliphatic rings. The third-order valence-corrected chi connectivity index (χ3v) is 4.08. The van der Waals surface area contributed by atoms with Crippen LogP contribution in [0.3, 0.4) is 0 Å². The van der Waals surface area contributed by atoms with Gasteiger partial charge in [-0.3, -0.25) is 4.68 Å². The number of aromatic nitrogens is 2. The van der Waals surface area contributed by atoms with E-state index in [-0.39, 0.29) is 12.4 Å². The number of halogens is 2. The van der Waals surface area contributed by atoms with Gasteiger partial charge in [-0.2, -0.15) is 0 Å². The number of rotatable bonds is 7. The lowest BCUT2D eigenvalue weighted by Crippen LogP contribution is -2.15. The van der Waals surface area contributed by atoms with E-state index in [0.717, 1.165) is 23.9 Å². The molecule has 0 atom stereocenters. The summed E-state index contributed by atoms with van der Waals surface area (Å²) in [6.45, 7) is 2.34. The number of nitrogens with zero attached hydrogens (tertiary/aromatic N) is 3. The summed E-state index contributed by atoms with van der Waals surface area (Å²) in [5.74, 6) is 0.655. The van der Waals surface area contributed by atoms with Gasteiger partial charge in [0.2, 0.25) is 5.88 Å². The maximum absolute atomic E-state index is 6.16. The second-order valence-electron chi connectivity index (χ2n) is 6.12. The molecule has 0 fully saturated rings. The molecule has 4 nitrogen and oxygen atoms in total. The van der Waals surface area contributed by atoms with Crippen LogP contribution < -0.4 is 4.74 Å². The molecule has 134 valence electrons. The van der Waals surface area contributed by atoms with E-state index in [0.29, 0.717) is 24.1 Å².